The molecule has 13 heavy (non-hydrogen) atoms. The lowest BCUT2D eigenvalue weighted by Gasteiger charge is -2.06. The van der Waals surface area contributed by atoms with Crippen LogP contribution < -0.4 is 4.74 Å². The predicted molar refractivity (Wildman–Crippen MR) is 57.1 cm³/mol. The van der Waals surface area contributed by atoms with E-state index >= 15 is 0 Å². The van der Waals surface area contributed by atoms with E-state index in [1.54, 1.807) is 7.11 Å². The normalized spacial score (nSPS) is 10.7. The molecule has 1 heteroatoms. The van der Waals surface area contributed by atoms with Crippen molar-refractivity contribution in [1.82, 2.24) is 0 Å². The van der Waals surface area contributed by atoms with Crippen LogP contribution in [0, 0.1) is 0 Å². The zero-order valence-corrected chi connectivity index (χ0v) is 8.50. The van der Waals surface area contributed by atoms with Crippen molar-refractivity contribution < 1.29 is 4.74 Å². The third-order valence-corrected chi connectivity index (χ3v) is 2.08. The van der Waals surface area contributed by atoms with Gasteiger partial charge in [0.15, 0.2) is 0 Å². The van der Waals surface area contributed by atoms with Gasteiger partial charge in [-0.2, -0.15) is 0 Å². The van der Waals surface area contributed by atoms with Crippen molar-refractivity contribution in [2.75, 3.05) is 7.11 Å². The average Bonchev–Trinajstić information content (AvgIpc) is 2.19. The summed E-state index contributed by atoms with van der Waals surface area (Å²) in [4.78, 5) is 0. The van der Waals surface area contributed by atoms with Crippen LogP contribution in [0.4, 0.5) is 0 Å². The molecule has 0 unspecified atom stereocenters. The van der Waals surface area contributed by atoms with E-state index in [2.05, 4.69) is 31.2 Å². The number of aryl methyl sites for hydroxylation is 1. The van der Waals surface area contributed by atoms with Gasteiger partial charge in [0.25, 0.3) is 0 Å². The fraction of sp³-hybridized carbons (Fsp3) is 0.333. The minimum absolute atomic E-state index is 0.935. The van der Waals surface area contributed by atoms with E-state index in [4.69, 9.17) is 4.74 Å². The highest BCUT2D eigenvalue weighted by molar-refractivity contribution is 5.55. The summed E-state index contributed by atoms with van der Waals surface area (Å²) in [5.41, 5.74) is 2.61. The van der Waals surface area contributed by atoms with Crippen LogP contribution in [0.5, 0.6) is 5.75 Å². The number of benzene rings is 1. The van der Waals surface area contributed by atoms with E-state index < -0.39 is 0 Å². The van der Waals surface area contributed by atoms with Crippen molar-refractivity contribution >= 4 is 6.08 Å². The summed E-state index contributed by atoms with van der Waals surface area (Å²) in [5.74, 6) is 0.935. The molecule has 1 aromatic carbocycles. The van der Waals surface area contributed by atoms with Gasteiger partial charge in [0.05, 0.1) is 7.11 Å². The standard InChI is InChI=1S/C12H16O/c1-4-6-11-7-8-12(13-3)9-10(11)5-2/h4,6-9H,5H2,1-3H3. The Morgan fingerprint density at radius 2 is 2.15 bits per heavy atom. The molecule has 1 aromatic rings. The van der Waals surface area contributed by atoms with Gasteiger partial charge in [0, 0.05) is 0 Å². The molecule has 1 rings (SSSR count). The van der Waals surface area contributed by atoms with E-state index in [1.165, 1.54) is 11.1 Å². The molecule has 0 aromatic heterocycles. The van der Waals surface area contributed by atoms with Crippen molar-refractivity contribution in [1.29, 1.82) is 0 Å². The van der Waals surface area contributed by atoms with E-state index in [-0.39, 0.29) is 0 Å². The molecule has 0 heterocycles. The van der Waals surface area contributed by atoms with Gasteiger partial charge >= 0.3 is 0 Å². The van der Waals surface area contributed by atoms with Crippen LogP contribution in [0.1, 0.15) is 25.0 Å². The Balaban J connectivity index is 3.07. The van der Waals surface area contributed by atoms with Gasteiger partial charge in [-0.05, 0) is 36.6 Å². The fourth-order valence-electron chi connectivity index (χ4n) is 1.36. The minimum atomic E-state index is 0.935. The van der Waals surface area contributed by atoms with E-state index in [1.807, 2.05) is 13.0 Å². The summed E-state index contributed by atoms with van der Waals surface area (Å²) in [5, 5.41) is 0. The van der Waals surface area contributed by atoms with Crippen molar-refractivity contribution in [2.24, 2.45) is 0 Å². The monoisotopic (exact) mass is 176 g/mol. The molecule has 0 aliphatic heterocycles. The second-order valence-electron chi connectivity index (χ2n) is 2.92. The van der Waals surface area contributed by atoms with Gasteiger partial charge in [0.2, 0.25) is 0 Å². The lowest BCUT2D eigenvalue weighted by molar-refractivity contribution is 0.414. The smallest absolute Gasteiger partial charge is 0.119 e. The van der Waals surface area contributed by atoms with Gasteiger partial charge in [-0.15, -0.1) is 0 Å². The number of hydrogen-bond donors (Lipinski definition) is 0. The number of hydrogen-bond acceptors (Lipinski definition) is 1. The molecule has 0 N–H and O–H groups in total. The summed E-state index contributed by atoms with van der Waals surface area (Å²) < 4.78 is 5.17. The molecule has 0 atom stereocenters. The molecular formula is C12H16O. The fourth-order valence-corrected chi connectivity index (χ4v) is 1.36. The summed E-state index contributed by atoms with van der Waals surface area (Å²) in [6.45, 7) is 4.19. The van der Waals surface area contributed by atoms with Crippen LogP contribution in [0.3, 0.4) is 0 Å². The third kappa shape index (κ3) is 2.35. The highest BCUT2D eigenvalue weighted by Crippen LogP contribution is 2.19. The maximum atomic E-state index is 5.17. The Hall–Kier alpha value is -1.24. The van der Waals surface area contributed by atoms with E-state index in [9.17, 15) is 0 Å². The Kier molecular flexibility index (Phi) is 3.56. The zero-order chi connectivity index (χ0) is 9.68. The third-order valence-electron chi connectivity index (χ3n) is 2.08. The van der Waals surface area contributed by atoms with Crippen LogP contribution in [-0.2, 0) is 6.42 Å². The topological polar surface area (TPSA) is 9.23 Å². The van der Waals surface area contributed by atoms with Crippen molar-refractivity contribution in [3.63, 3.8) is 0 Å². The quantitative estimate of drug-likeness (QED) is 0.686. The number of ether oxygens (including phenoxy) is 1. The van der Waals surface area contributed by atoms with Gasteiger partial charge in [-0.3, -0.25) is 0 Å². The summed E-state index contributed by atoms with van der Waals surface area (Å²) >= 11 is 0. The zero-order valence-electron chi connectivity index (χ0n) is 8.50. The van der Waals surface area contributed by atoms with Crippen molar-refractivity contribution in [2.45, 2.75) is 20.3 Å². The Bertz CT molecular complexity index is 300. The number of allylic oxidation sites excluding steroid dienone is 1. The molecule has 0 aliphatic rings. The van der Waals surface area contributed by atoms with Gasteiger partial charge in [-0.25, -0.2) is 0 Å². The van der Waals surface area contributed by atoms with E-state index in [0.29, 0.717) is 0 Å². The van der Waals surface area contributed by atoms with E-state index in [0.717, 1.165) is 12.2 Å². The molecule has 1 nitrogen and oxygen atoms in total. The molecule has 0 saturated heterocycles. The molecule has 0 aliphatic carbocycles. The second-order valence-corrected chi connectivity index (χ2v) is 2.92. The molecule has 0 radical (unpaired) electrons. The predicted octanol–water partition coefficient (Wildman–Crippen LogP) is 3.29. The van der Waals surface area contributed by atoms with Crippen LogP contribution >= 0.6 is 0 Å². The van der Waals surface area contributed by atoms with Crippen LogP contribution in [-0.4, -0.2) is 7.11 Å². The molecule has 0 saturated carbocycles. The second kappa shape index (κ2) is 4.70. The summed E-state index contributed by atoms with van der Waals surface area (Å²) in [7, 11) is 1.70. The molecule has 0 fully saturated rings. The van der Waals surface area contributed by atoms with Crippen molar-refractivity contribution in [3.8, 4) is 5.75 Å². The number of rotatable bonds is 3. The van der Waals surface area contributed by atoms with Gasteiger partial charge in [-0.1, -0.05) is 25.1 Å². The molecule has 0 amide bonds. The lowest BCUT2D eigenvalue weighted by atomic mass is 10.0. The first-order valence-corrected chi connectivity index (χ1v) is 4.61. The largest absolute Gasteiger partial charge is 0.497 e. The maximum Gasteiger partial charge on any atom is 0.119 e. The molecule has 70 valence electrons. The van der Waals surface area contributed by atoms with Crippen LogP contribution in [0.15, 0.2) is 24.3 Å². The first kappa shape index (κ1) is 9.85. The first-order valence-electron chi connectivity index (χ1n) is 4.61. The highest BCUT2D eigenvalue weighted by Gasteiger charge is 1.98. The Morgan fingerprint density at radius 1 is 1.38 bits per heavy atom. The SMILES string of the molecule is CC=Cc1ccc(OC)cc1CC. The van der Waals surface area contributed by atoms with Crippen LogP contribution in [0.2, 0.25) is 0 Å². The highest BCUT2D eigenvalue weighted by atomic mass is 16.5. The summed E-state index contributed by atoms with van der Waals surface area (Å²) in [6, 6.07) is 6.18. The average molecular weight is 176 g/mol. The first-order chi connectivity index (χ1) is 6.31. The molecular weight excluding hydrogens is 160 g/mol. The van der Waals surface area contributed by atoms with Crippen LogP contribution in [0.25, 0.3) is 6.08 Å². The minimum Gasteiger partial charge on any atom is -0.497 e. The lowest BCUT2D eigenvalue weighted by Crippen LogP contribution is -1.89. The number of methoxy groups -OCH3 is 1. The van der Waals surface area contributed by atoms with Crippen molar-refractivity contribution in [3.05, 3.63) is 35.4 Å². The van der Waals surface area contributed by atoms with Gasteiger partial charge < -0.3 is 4.74 Å². The maximum absolute atomic E-state index is 5.17. The molecule has 0 spiro atoms. The van der Waals surface area contributed by atoms with Gasteiger partial charge in [0.1, 0.15) is 5.75 Å². The Morgan fingerprint density at radius 3 is 2.69 bits per heavy atom. The summed E-state index contributed by atoms with van der Waals surface area (Å²) in [6.07, 6.45) is 5.22. The molecule has 0 bridgehead atoms. The Labute approximate surface area is 80.0 Å².